The first-order valence-electron chi connectivity index (χ1n) is 33.9. The van der Waals surface area contributed by atoms with Crippen LogP contribution < -0.4 is 10.2 Å². The van der Waals surface area contributed by atoms with Gasteiger partial charge in [-0.3, -0.25) is 14.2 Å². The Balaban J connectivity index is 5.10. The fraction of sp³-hybridized carbons (Fsp3) is 0.775. The number of nitrogens with one attached hydrogen (secondary N) is 1. The van der Waals surface area contributed by atoms with Crippen LogP contribution in [0.5, 0.6) is 0 Å². The minimum absolute atomic E-state index is 0.0276. The molecular weight excluding hydrogens is 1020 g/mol. The lowest BCUT2D eigenvalue weighted by Crippen LogP contribution is -2.47. The molecule has 0 aromatic carbocycles. The number of phosphoric acid groups is 1. The summed E-state index contributed by atoms with van der Waals surface area (Å²) in [6.45, 7) is 6.79. The highest BCUT2D eigenvalue weighted by atomic mass is 31.2. The highest BCUT2D eigenvalue weighted by Crippen LogP contribution is 2.38. The van der Waals surface area contributed by atoms with Crippen LogP contribution in [0.4, 0.5) is 0 Å². The Labute approximate surface area is 501 Å². The van der Waals surface area contributed by atoms with Gasteiger partial charge in [0.2, 0.25) is 5.91 Å². The summed E-state index contributed by atoms with van der Waals surface area (Å²) in [4.78, 5) is 40.1. The molecule has 10 heteroatoms. The zero-order valence-corrected chi connectivity index (χ0v) is 54.6. The molecular formula is C71H129N2O7P. The number of likely N-dealkylation sites (N-methyl/N-ethyl adjacent to an activating group) is 1. The summed E-state index contributed by atoms with van der Waals surface area (Å²) in [5.74, 6) is -0.555. The van der Waals surface area contributed by atoms with Crippen LogP contribution in [0.1, 0.15) is 303 Å². The van der Waals surface area contributed by atoms with Crippen molar-refractivity contribution in [1.29, 1.82) is 0 Å². The molecule has 0 bridgehead atoms. The van der Waals surface area contributed by atoms with E-state index in [9.17, 15) is 19.0 Å². The number of allylic oxidation sites excluding steroid dienone is 13. The van der Waals surface area contributed by atoms with Crippen molar-refractivity contribution in [3.63, 3.8) is 0 Å². The van der Waals surface area contributed by atoms with Gasteiger partial charge < -0.3 is 28.5 Å². The van der Waals surface area contributed by atoms with Gasteiger partial charge in [-0.05, 0) is 109 Å². The summed E-state index contributed by atoms with van der Waals surface area (Å²) in [6.07, 6.45) is 79.8. The van der Waals surface area contributed by atoms with E-state index in [1.807, 2.05) is 33.3 Å². The Kier molecular flexibility index (Phi) is 58.2. The smallest absolute Gasteiger partial charge is 0.306 e. The minimum atomic E-state index is -4.71. The zero-order chi connectivity index (χ0) is 59.3. The maximum absolute atomic E-state index is 13.6. The van der Waals surface area contributed by atoms with Crippen molar-refractivity contribution in [2.45, 2.75) is 315 Å². The maximum atomic E-state index is 13.6. The number of hydrogen-bond acceptors (Lipinski definition) is 7. The Morgan fingerprint density at radius 3 is 1.15 bits per heavy atom. The minimum Gasteiger partial charge on any atom is -0.756 e. The van der Waals surface area contributed by atoms with Gasteiger partial charge in [-0.25, -0.2) is 0 Å². The number of ether oxygens (including phenoxy) is 1. The largest absolute Gasteiger partial charge is 0.756 e. The second-order valence-electron chi connectivity index (χ2n) is 24.0. The number of carbonyl (C=O) groups is 2. The number of nitrogens with zero attached hydrogens (tertiary/aromatic N) is 1. The molecule has 0 aliphatic rings. The second-order valence-corrected chi connectivity index (χ2v) is 25.4. The van der Waals surface area contributed by atoms with Gasteiger partial charge in [-0.1, -0.05) is 267 Å². The predicted molar refractivity (Wildman–Crippen MR) is 348 cm³/mol. The second kappa shape index (κ2) is 60.3. The monoisotopic (exact) mass is 1150 g/mol. The average Bonchev–Trinajstić information content (AvgIpc) is 3.44. The lowest BCUT2D eigenvalue weighted by atomic mass is 10.0. The average molecular weight is 1150 g/mol. The first kappa shape index (κ1) is 78.2. The van der Waals surface area contributed by atoms with Crippen molar-refractivity contribution in [3.05, 3.63) is 85.1 Å². The molecule has 0 radical (unpaired) electrons. The standard InChI is InChI=1S/C71H129N2O7P/c1-7-10-13-16-19-22-25-27-29-31-33-34-35-36-37-38-40-41-43-45-48-51-54-57-60-63-70(74)72-68(67-79-81(76,77)78-66-65-73(4,5)6)69(62-59-56-53-50-47-24-21-18-15-12-9-3)80-71(75)64-61-58-55-52-49-46-44-42-39-32-30-28-26-23-20-17-14-11-8-2/h19-20,22-23,27-30,33-34,39,42,59,62,68-69H,7-18,21,24-26,31-32,35-38,40-41,43-58,60-61,63-67H2,1-6H3,(H-,72,74,76,77)/b22-19-,23-20-,29-27-,30-28-,34-33-,42-39-,62-59-. The van der Waals surface area contributed by atoms with Crippen LogP contribution in [0, 0.1) is 0 Å². The third kappa shape index (κ3) is 61.6. The highest BCUT2D eigenvalue weighted by molar-refractivity contribution is 7.45. The highest BCUT2D eigenvalue weighted by Gasteiger charge is 2.27. The van der Waals surface area contributed by atoms with E-state index in [1.54, 1.807) is 0 Å². The van der Waals surface area contributed by atoms with E-state index in [0.717, 1.165) is 96.3 Å². The van der Waals surface area contributed by atoms with Gasteiger partial charge in [0, 0.05) is 12.8 Å². The predicted octanol–water partition coefficient (Wildman–Crippen LogP) is 20.7. The first-order valence-corrected chi connectivity index (χ1v) is 35.4. The van der Waals surface area contributed by atoms with Crippen molar-refractivity contribution in [2.24, 2.45) is 0 Å². The van der Waals surface area contributed by atoms with E-state index < -0.39 is 26.6 Å². The number of phosphoric ester groups is 1. The number of unbranched alkanes of at least 4 members (excludes halogenated alkanes) is 33. The molecule has 9 nitrogen and oxygen atoms in total. The van der Waals surface area contributed by atoms with Gasteiger partial charge in [0.05, 0.1) is 33.8 Å². The van der Waals surface area contributed by atoms with Crippen LogP contribution in [0.25, 0.3) is 0 Å². The number of rotatable bonds is 61. The molecule has 0 aromatic rings. The lowest BCUT2D eigenvalue weighted by molar-refractivity contribution is -0.870. The normalized spacial score (nSPS) is 14.1. The van der Waals surface area contributed by atoms with Crippen LogP contribution in [0.2, 0.25) is 0 Å². The molecule has 0 fully saturated rings. The molecule has 470 valence electrons. The summed E-state index contributed by atoms with van der Waals surface area (Å²) in [7, 11) is 1.17. The molecule has 0 rings (SSSR count). The molecule has 0 saturated heterocycles. The molecule has 0 aliphatic heterocycles. The lowest BCUT2D eigenvalue weighted by Gasteiger charge is -2.30. The number of quaternary nitrogens is 1. The van der Waals surface area contributed by atoms with Gasteiger partial charge in [-0.15, -0.1) is 0 Å². The van der Waals surface area contributed by atoms with E-state index >= 15 is 0 Å². The first-order chi connectivity index (χ1) is 39.4. The van der Waals surface area contributed by atoms with Gasteiger partial charge in [0.1, 0.15) is 19.3 Å². The fourth-order valence-electron chi connectivity index (χ4n) is 9.54. The van der Waals surface area contributed by atoms with Gasteiger partial charge in [-0.2, -0.15) is 0 Å². The molecule has 1 amide bonds. The Morgan fingerprint density at radius 1 is 0.432 bits per heavy atom. The molecule has 0 spiro atoms. The van der Waals surface area contributed by atoms with Crippen molar-refractivity contribution in [3.8, 4) is 0 Å². The molecule has 0 aliphatic carbocycles. The van der Waals surface area contributed by atoms with Crippen molar-refractivity contribution in [1.82, 2.24) is 5.32 Å². The van der Waals surface area contributed by atoms with Crippen LogP contribution in [0.15, 0.2) is 85.1 Å². The molecule has 3 atom stereocenters. The number of carbonyl (C=O) groups excluding carboxylic acids is 2. The SMILES string of the molecule is CCCCC/C=C\C/C=C\C/C=C\CCCCCCCCCCCCCCC(=O)NC(COP(=O)([O-])OCC[N+](C)(C)C)C(/C=C\CCCCCCCCCCC)OC(=O)CCCCCCCC/C=C\C/C=C\C/C=C\CCCCC. The third-order valence-electron chi connectivity index (χ3n) is 14.8. The number of amides is 1. The van der Waals surface area contributed by atoms with E-state index in [-0.39, 0.29) is 24.9 Å². The van der Waals surface area contributed by atoms with E-state index in [0.29, 0.717) is 23.9 Å². The fourth-order valence-corrected chi connectivity index (χ4v) is 10.3. The Hall–Kier alpha value is -2.81. The van der Waals surface area contributed by atoms with Crippen LogP contribution in [-0.2, 0) is 27.9 Å². The summed E-state index contributed by atoms with van der Waals surface area (Å²) in [6, 6.07) is -0.899. The number of hydrogen-bond donors (Lipinski definition) is 1. The summed E-state index contributed by atoms with van der Waals surface area (Å²) in [5.41, 5.74) is 0. The Bertz CT molecular complexity index is 1660. The van der Waals surface area contributed by atoms with E-state index in [1.165, 1.54) is 167 Å². The van der Waals surface area contributed by atoms with Crippen molar-refractivity contribution < 1.29 is 37.3 Å². The quantitative estimate of drug-likeness (QED) is 0.0212. The van der Waals surface area contributed by atoms with Gasteiger partial charge in [0.25, 0.3) is 7.82 Å². The third-order valence-corrected chi connectivity index (χ3v) is 15.8. The molecule has 81 heavy (non-hydrogen) atoms. The van der Waals surface area contributed by atoms with Crippen LogP contribution >= 0.6 is 7.82 Å². The maximum Gasteiger partial charge on any atom is 0.306 e. The van der Waals surface area contributed by atoms with Crippen LogP contribution in [-0.4, -0.2) is 69.4 Å². The van der Waals surface area contributed by atoms with Gasteiger partial charge in [0.15, 0.2) is 0 Å². The van der Waals surface area contributed by atoms with Crippen LogP contribution in [0.3, 0.4) is 0 Å². The molecule has 0 heterocycles. The topological polar surface area (TPSA) is 114 Å². The van der Waals surface area contributed by atoms with Crippen molar-refractivity contribution in [2.75, 3.05) is 40.9 Å². The molecule has 0 saturated carbocycles. The Morgan fingerprint density at radius 2 is 0.753 bits per heavy atom. The van der Waals surface area contributed by atoms with E-state index in [2.05, 4.69) is 99.0 Å². The zero-order valence-electron chi connectivity index (χ0n) is 53.7. The summed E-state index contributed by atoms with van der Waals surface area (Å²) >= 11 is 0. The summed E-state index contributed by atoms with van der Waals surface area (Å²) in [5, 5.41) is 3.03. The molecule has 3 unspecified atom stereocenters. The van der Waals surface area contributed by atoms with E-state index in [4.69, 9.17) is 13.8 Å². The van der Waals surface area contributed by atoms with Gasteiger partial charge >= 0.3 is 5.97 Å². The van der Waals surface area contributed by atoms with Crippen molar-refractivity contribution >= 4 is 19.7 Å². The molecule has 1 N–H and O–H groups in total. The number of esters is 1. The molecule has 0 aromatic heterocycles. The summed E-state index contributed by atoms with van der Waals surface area (Å²) < 4.78 is 30.4.